The first-order chi connectivity index (χ1) is 15.5. The maximum atomic E-state index is 12.3. The lowest BCUT2D eigenvalue weighted by molar-refractivity contribution is -0.384. The minimum atomic E-state index is -0.600. The number of aromatic nitrogens is 1. The Morgan fingerprint density at radius 1 is 1.12 bits per heavy atom. The van der Waals surface area contributed by atoms with E-state index < -0.39 is 10.7 Å². The van der Waals surface area contributed by atoms with E-state index in [9.17, 15) is 19.7 Å². The number of nitro groups is 1. The van der Waals surface area contributed by atoms with Crippen molar-refractivity contribution in [2.45, 2.75) is 25.9 Å². The fourth-order valence-electron chi connectivity index (χ4n) is 3.71. The van der Waals surface area contributed by atoms with Crippen LogP contribution in [0.4, 0.5) is 11.4 Å². The number of hydrogen-bond acceptors (Lipinski definition) is 7. The lowest BCUT2D eigenvalue weighted by Gasteiger charge is -2.26. The van der Waals surface area contributed by atoms with E-state index in [-0.39, 0.29) is 30.1 Å². The summed E-state index contributed by atoms with van der Waals surface area (Å²) in [6, 6.07) is 11.8. The smallest absolute Gasteiger partial charge is 0.407 e. The predicted molar refractivity (Wildman–Crippen MR) is 118 cm³/mol. The van der Waals surface area contributed by atoms with Crippen LogP contribution in [0.25, 0.3) is 11.1 Å². The second kappa shape index (κ2) is 9.75. The summed E-state index contributed by atoms with van der Waals surface area (Å²) >= 11 is 0. The van der Waals surface area contributed by atoms with Crippen LogP contribution in [0.5, 0.6) is 0 Å². The van der Waals surface area contributed by atoms with Crippen molar-refractivity contribution in [2.75, 3.05) is 31.6 Å². The molecular formula is C22H24N4O6. The summed E-state index contributed by atoms with van der Waals surface area (Å²) in [5, 5.41) is 13.7. The van der Waals surface area contributed by atoms with Crippen molar-refractivity contribution in [3.05, 3.63) is 68.7 Å². The topological polar surface area (TPSA) is 120 Å². The highest BCUT2D eigenvalue weighted by atomic mass is 16.6. The molecule has 4 rings (SSSR count). The van der Waals surface area contributed by atoms with E-state index >= 15 is 0 Å². The Hall–Kier alpha value is -3.50. The summed E-state index contributed by atoms with van der Waals surface area (Å²) in [4.78, 5) is 37.0. The van der Waals surface area contributed by atoms with E-state index in [4.69, 9.17) is 9.15 Å². The molecule has 0 bridgehead atoms. The molecule has 1 aromatic heterocycles. The Morgan fingerprint density at radius 3 is 2.59 bits per heavy atom. The van der Waals surface area contributed by atoms with Crippen LogP contribution in [-0.4, -0.2) is 46.6 Å². The van der Waals surface area contributed by atoms with Gasteiger partial charge in [-0.05, 0) is 30.2 Å². The maximum absolute atomic E-state index is 12.3. The molecule has 2 aromatic carbocycles. The quantitative estimate of drug-likeness (QED) is 0.422. The number of carbonyl (C=O) groups excluding carboxylic acids is 1. The highest BCUT2D eigenvalue weighted by Crippen LogP contribution is 2.20. The average Bonchev–Trinajstić information content (AvgIpc) is 3.10. The lowest BCUT2D eigenvalue weighted by atomic mass is 10.2. The number of oxazole rings is 1. The number of carbonyl (C=O) groups is 1. The Labute approximate surface area is 183 Å². The predicted octanol–water partition coefficient (Wildman–Crippen LogP) is 2.75. The molecule has 1 aliphatic heterocycles. The Balaban J connectivity index is 1.28. The molecule has 2 heterocycles. The molecular weight excluding hydrogens is 416 g/mol. The van der Waals surface area contributed by atoms with E-state index in [1.807, 2.05) is 24.3 Å². The highest BCUT2D eigenvalue weighted by molar-refractivity contribution is 5.90. The van der Waals surface area contributed by atoms with E-state index in [1.54, 1.807) is 0 Å². The fourth-order valence-corrected chi connectivity index (χ4v) is 3.71. The minimum absolute atomic E-state index is 0.145. The molecule has 168 valence electrons. The summed E-state index contributed by atoms with van der Waals surface area (Å²) in [5.41, 5.74) is 2.38. The molecule has 1 saturated heterocycles. The molecule has 1 aliphatic rings. The number of nitrogens with zero attached hydrogens (tertiary/aromatic N) is 3. The monoisotopic (exact) mass is 440 g/mol. The van der Waals surface area contributed by atoms with Crippen LogP contribution in [0, 0.1) is 10.1 Å². The van der Waals surface area contributed by atoms with Gasteiger partial charge in [0.25, 0.3) is 5.69 Å². The number of ether oxygens (including phenoxy) is 1. The number of hydrogen-bond donors (Lipinski definition) is 1. The van der Waals surface area contributed by atoms with Crippen molar-refractivity contribution in [3.8, 4) is 0 Å². The second-order valence-electron chi connectivity index (χ2n) is 7.67. The molecule has 32 heavy (non-hydrogen) atoms. The molecule has 10 heteroatoms. The van der Waals surface area contributed by atoms with Crippen LogP contribution in [0.2, 0.25) is 0 Å². The zero-order valence-electron chi connectivity index (χ0n) is 17.5. The first kappa shape index (κ1) is 21.7. The molecule has 0 saturated carbocycles. The first-order valence-corrected chi connectivity index (χ1v) is 10.5. The molecule has 1 fully saturated rings. The number of nitro benzene ring substituents is 1. The number of anilines is 1. The van der Waals surface area contributed by atoms with Crippen molar-refractivity contribution >= 4 is 28.4 Å². The van der Waals surface area contributed by atoms with Crippen molar-refractivity contribution in [2.24, 2.45) is 0 Å². The van der Waals surface area contributed by atoms with Crippen LogP contribution in [0.1, 0.15) is 18.4 Å². The van der Waals surface area contributed by atoms with Crippen molar-refractivity contribution in [1.29, 1.82) is 0 Å². The van der Waals surface area contributed by atoms with Gasteiger partial charge in [0.2, 0.25) is 5.91 Å². The number of fused-ring (bicyclic) bond motifs is 1. The number of amides is 1. The number of morpholine rings is 1. The van der Waals surface area contributed by atoms with Gasteiger partial charge in [0.1, 0.15) is 0 Å². The summed E-state index contributed by atoms with van der Waals surface area (Å²) in [5.74, 6) is -0.751. The molecule has 10 nitrogen and oxygen atoms in total. The summed E-state index contributed by atoms with van der Waals surface area (Å²) in [6.45, 7) is 4.49. The summed E-state index contributed by atoms with van der Waals surface area (Å²) < 4.78 is 11.8. The van der Waals surface area contributed by atoms with E-state index in [1.165, 1.54) is 28.3 Å². The lowest BCUT2D eigenvalue weighted by Crippen LogP contribution is -2.35. The Kier molecular flexibility index (Phi) is 6.62. The number of non-ortho nitro benzene ring substituents is 1. The third-order valence-electron chi connectivity index (χ3n) is 5.40. The highest BCUT2D eigenvalue weighted by Gasteiger charge is 2.15. The van der Waals surface area contributed by atoms with Crippen LogP contribution in [-0.2, 0) is 22.6 Å². The van der Waals surface area contributed by atoms with Gasteiger partial charge in [-0.25, -0.2) is 4.79 Å². The third kappa shape index (κ3) is 5.21. The summed E-state index contributed by atoms with van der Waals surface area (Å²) in [7, 11) is 0. The van der Waals surface area contributed by atoms with Gasteiger partial charge in [-0.2, -0.15) is 0 Å². The second-order valence-corrected chi connectivity index (χ2v) is 7.67. The minimum Gasteiger partial charge on any atom is -0.407 e. The van der Waals surface area contributed by atoms with Gasteiger partial charge in [-0.3, -0.25) is 24.4 Å². The first-order valence-electron chi connectivity index (χ1n) is 10.5. The number of aryl methyl sites for hydroxylation is 1. The van der Waals surface area contributed by atoms with E-state index in [0.29, 0.717) is 11.9 Å². The number of benzene rings is 2. The summed E-state index contributed by atoms with van der Waals surface area (Å²) in [6.07, 6.45) is 0.647. The zero-order chi connectivity index (χ0) is 22.5. The molecule has 1 N–H and O–H groups in total. The molecule has 0 unspecified atom stereocenters. The van der Waals surface area contributed by atoms with Gasteiger partial charge >= 0.3 is 5.76 Å². The Morgan fingerprint density at radius 2 is 1.88 bits per heavy atom. The van der Waals surface area contributed by atoms with Crippen LogP contribution >= 0.6 is 0 Å². The van der Waals surface area contributed by atoms with Crippen LogP contribution in [0.3, 0.4) is 0 Å². The van der Waals surface area contributed by atoms with Crippen molar-refractivity contribution < 1.29 is 18.9 Å². The fraction of sp³-hybridized carbons (Fsp3) is 0.364. The van der Waals surface area contributed by atoms with Gasteiger partial charge in [-0.1, -0.05) is 12.1 Å². The van der Waals surface area contributed by atoms with E-state index in [0.717, 1.165) is 38.5 Å². The Bertz CT molecular complexity index is 1160. The largest absolute Gasteiger partial charge is 0.419 e. The van der Waals surface area contributed by atoms with Crippen molar-refractivity contribution in [1.82, 2.24) is 9.47 Å². The molecule has 0 atom stereocenters. The van der Waals surface area contributed by atoms with Gasteiger partial charge in [0.15, 0.2) is 5.58 Å². The maximum Gasteiger partial charge on any atom is 0.419 e. The van der Waals surface area contributed by atoms with Crippen LogP contribution in [0.15, 0.2) is 51.7 Å². The van der Waals surface area contributed by atoms with Gasteiger partial charge < -0.3 is 14.5 Å². The van der Waals surface area contributed by atoms with Gasteiger partial charge in [0, 0.05) is 44.4 Å². The number of nitrogens with one attached hydrogen (secondary N) is 1. The zero-order valence-corrected chi connectivity index (χ0v) is 17.5. The molecule has 0 spiro atoms. The molecule has 1 amide bonds. The normalized spacial score (nSPS) is 14.5. The molecule has 0 aliphatic carbocycles. The SMILES string of the molecule is O=C(CCCn1c(=O)oc2cc([N+](=O)[O-])ccc21)Nc1ccc(CN2CCOCC2)cc1. The van der Waals surface area contributed by atoms with E-state index in [2.05, 4.69) is 10.2 Å². The van der Waals surface area contributed by atoms with Gasteiger partial charge in [-0.15, -0.1) is 0 Å². The number of rotatable bonds is 8. The molecule has 3 aromatic rings. The van der Waals surface area contributed by atoms with Crippen LogP contribution < -0.4 is 11.1 Å². The average molecular weight is 440 g/mol. The van der Waals surface area contributed by atoms with Crippen molar-refractivity contribution in [3.63, 3.8) is 0 Å². The third-order valence-corrected chi connectivity index (χ3v) is 5.40. The standard InChI is InChI=1S/C22H24N4O6/c27-21(23-17-5-3-16(4-6-17)15-24-10-12-31-13-11-24)2-1-9-25-19-8-7-18(26(29)30)14-20(19)32-22(25)28/h3-8,14H,1-2,9-13,15H2,(H,23,27). The van der Waals surface area contributed by atoms with Gasteiger partial charge in [0.05, 0.1) is 29.7 Å². The molecule has 0 radical (unpaired) electrons.